The highest BCUT2D eigenvalue weighted by molar-refractivity contribution is 7.92. The van der Waals surface area contributed by atoms with E-state index < -0.39 is 16.0 Å². The Kier molecular flexibility index (Phi) is 5.74. The second kappa shape index (κ2) is 8.08. The normalized spacial score (nSPS) is 11.4. The van der Waals surface area contributed by atoms with Gasteiger partial charge in [0, 0.05) is 12.1 Å². The molecule has 152 valence electrons. The van der Waals surface area contributed by atoms with E-state index in [0.29, 0.717) is 23.6 Å². The number of carbonyl (C=O) groups is 1. The lowest BCUT2D eigenvalue weighted by molar-refractivity contribution is 0.0695. The predicted octanol–water partition coefficient (Wildman–Crippen LogP) is 4.13. The quantitative estimate of drug-likeness (QED) is 0.624. The maximum Gasteiger partial charge on any atom is 0.336 e. The summed E-state index contributed by atoms with van der Waals surface area (Å²) in [5.41, 5.74) is 1.28. The SMILES string of the molecule is CCc1ccc(S(=O)(=O)N(CC)c2nc(-c3ccccc3)oc2C)cc1C(=O)O. The molecule has 0 aliphatic rings. The Labute approximate surface area is 169 Å². The van der Waals surface area contributed by atoms with Gasteiger partial charge >= 0.3 is 5.97 Å². The lowest BCUT2D eigenvalue weighted by Crippen LogP contribution is -2.31. The molecule has 7 nitrogen and oxygen atoms in total. The molecule has 0 radical (unpaired) electrons. The third-order valence-corrected chi connectivity index (χ3v) is 6.46. The Balaban J connectivity index is 2.07. The molecule has 0 bridgehead atoms. The van der Waals surface area contributed by atoms with E-state index >= 15 is 0 Å². The maximum atomic E-state index is 13.3. The minimum Gasteiger partial charge on any atom is -0.478 e. The van der Waals surface area contributed by atoms with Gasteiger partial charge in [-0.25, -0.2) is 17.5 Å². The zero-order chi connectivity index (χ0) is 21.2. The number of anilines is 1. The molecule has 0 unspecified atom stereocenters. The molecule has 0 amide bonds. The molecule has 3 rings (SSSR count). The van der Waals surface area contributed by atoms with E-state index in [-0.39, 0.29) is 22.8 Å². The lowest BCUT2D eigenvalue weighted by Gasteiger charge is -2.21. The molecule has 1 N–H and O–H groups in total. The summed E-state index contributed by atoms with van der Waals surface area (Å²) < 4.78 is 33.4. The minimum absolute atomic E-state index is 0.0218. The number of nitrogens with zero attached hydrogens (tertiary/aromatic N) is 2. The van der Waals surface area contributed by atoms with E-state index in [4.69, 9.17) is 4.42 Å². The Hall–Kier alpha value is -3.13. The van der Waals surface area contributed by atoms with Crippen LogP contribution in [0.25, 0.3) is 11.5 Å². The number of aromatic nitrogens is 1. The molecule has 2 aromatic carbocycles. The minimum atomic E-state index is -4.03. The van der Waals surface area contributed by atoms with Gasteiger partial charge in [0.25, 0.3) is 10.0 Å². The summed E-state index contributed by atoms with van der Waals surface area (Å²) >= 11 is 0. The molecule has 0 spiro atoms. The number of hydrogen-bond acceptors (Lipinski definition) is 5. The monoisotopic (exact) mass is 414 g/mol. The maximum absolute atomic E-state index is 13.3. The molecular weight excluding hydrogens is 392 g/mol. The molecule has 0 aliphatic carbocycles. The summed E-state index contributed by atoms with van der Waals surface area (Å²) in [6.45, 7) is 5.27. The van der Waals surface area contributed by atoms with E-state index in [1.807, 2.05) is 37.3 Å². The molecule has 1 heterocycles. The fraction of sp³-hybridized carbons (Fsp3) is 0.238. The Morgan fingerprint density at radius 2 is 1.83 bits per heavy atom. The van der Waals surface area contributed by atoms with Gasteiger partial charge in [0.2, 0.25) is 5.89 Å². The first kappa shape index (κ1) is 20.6. The van der Waals surface area contributed by atoms with Crippen molar-refractivity contribution in [3.8, 4) is 11.5 Å². The van der Waals surface area contributed by atoms with Crippen LogP contribution in [-0.4, -0.2) is 31.0 Å². The largest absolute Gasteiger partial charge is 0.478 e. The molecule has 0 saturated heterocycles. The van der Waals surface area contributed by atoms with E-state index in [2.05, 4.69) is 4.98 Å². The molecule has 0 saturated carbocycles. The Morgan fingerprint density at radius 3 is 2.41 bits per heavy atom. The van der Waals surface area contributed by atoms with E-state index in [1.165, 1.54) is 18.2 Å². The van der Waals surface area contributed by atoms with Gasteiger partial charge in [-0.05, 0) is 50.1 Å². The van der Waals surface area contributed by atoms with E-state index in [1.54, 1.807) is 13.8 Å². The topological polar surface area (TPSA) is 101 Å². The molecule has 8 heteroatoms. The van der Waals surface area contributed by atoms with Gasteiger partial charge in [-0.3, -0.25) is 0 Å². The molecule has 0 aliphatic heterocycles. The number of aromatic carboxylic acids is 1. The standard InChI is InChI=1S/C21H22N2O5S/c1-4-15-11-12-17(13-18(15)21(24)25)29(26,27)23(5-2)19-14(3)28-20(22-19)16-9-7-6-8-10-16/h6-13H,4-5H2,1-3H3,(H,24,25). The van der Waals surface area contributed by atoms with Crippen LogP contribution in [-0.2, 0) is 16.4 Å². The molecular formula is C21H22N2O5S. The van der Waals surface area contributed by atoms with Crippen LogP contribution in [0.5, 0.6) is 0 Å². The first-order chi connectivity index (χ1) is 13.8. The van der Waals surface area contributed by atoms with Crippen molar-refractivity contribution in [2.45, 2.75) is 32.1 Å². The Bertz CT molecular complexity index is 1140. The van der Waals surface area contributed by atoms with Crippen LogP contribution in [0.15, 0.2) is 57.8 Å². The molecule has 29 heavy (non-hydrogen) atoms. The summed E-state index contributed by atoms with van der Waals surface area (Å²) in [5, 5.41) is 9.44. The average molecular weight is 414 g/mol. The predicted molar refractivity (Wildman–Crippen MR) is 110 cm³/mol. The number of hydrogen-bond donors (Lipinski definition) is 1. The number of carboxylic acids is 1. The van der Waals surface area contributed by atoms with Crippen molar-refractivity contribution >= 4 is 21.8 Å². The first-order valence-electron chi connectivity index (χ1n) is 9.21. The van der Waals surface area contributed by atoms with Crippen molar-refractivity contribution in [1.29, 1.82) is 0 Å². The van der Waals surface area contributed by atoms with E-state index in [9.17, 15) is 18.3 Å². The van der Waals surface area contributed by atoms with Crippen molar-refractivity contribution in [2.75, 3.05) is 10.8 Å². The van der Waals surface area contributed by atoms with Crippen molar-refractivity contribution in [3.63, 3.8) is 0 Å². The van der Waals surface area contributed by atoms with Crippen molar-refractivity contribution < 1.29 is 22.7 Å². The summed E-state index contributed by atoms with van der Waals surface area (Å²) in [4.78, 5) is 15.8. The zero-order valence-electron chi connectivity index (χ0n) is 16.4. The van der Waals surface area contributed by atoms with E-state index in [0.717, 1.165) is 9.87 Å². The molecule has 0 atom stereocenters. The van der Waals surface area contributed by atoms with Crippen molar-refractivity contribution in [3.05, 3.63) is 65.4 Å². The zero-order valence-corrected chi connectivity index (χ0v) is 17.2. The van der Waals surface area contributed by atoms with Crippen LogP contribution in [0.1, 0.15) is 35.5 Å². The van der Waals surface area contributed by atoms with Gasteiger partial charge in [-0.1, -0.05) is 31.2 Å². The third-order valence-electron chi connectivity index (χ3n) is 4.60. The summed E-state index contributed by atoms with van der Waals surface area (Å²) in [6, 6.07) is 13.4. The van der Waals surface area contributed by atoms with Crippen LogP contribution in [0, 0.1) is 6.92 Å². The molecule has 3 aromatic rings. The number of rotatable bonds is 7. The van der Waals surface area contributed by atoms with Crippen LogP contribution in [0.3, 0.4) is 0 Å². The molecule has 0 fully saturated rings. The highest BCUT2D eigenvalue weighted by atomic mass is 32.2. The van der Waals surface area contributed by atoms with Crippen LogP contribution < -0.4 is 4.31 Å². The van der Waals surface area contributed by atoms with Gasteiger partial charge in [-0.2, -0.15) is 4.98 Å². The van der Waals surface area contributed by atoms with Crippen molar-refractivity contribution in [2.24, 2.45) is 0 Å². The summed E-state index contributed by atoms with van der Waals surface area (Å²) in [7, 11) is -4.03. The number of aryl methyl sites for hydroxylation is 2. The number of oxazole rings is 1. The van der Waals surface area contributed by atoms with Gasteiger partial charge < -0.3 is 9.52 Å². The molecule has 1 aromatic heterocycles. The third kappa shape index (κ3) is 3.88. The smallest absolute Gasteiger partial charge is 0.336 e. The van der Waals surface area contributed by atoms with Gasteiger partial charge in [0.15, 0.2) is 5.82 Å². The van der Waals surface area contributed by atoms with Crippen LogP contribution in [0.4, 0.5) is 5.82 Å². The highest BCUT2D eigenvalue weighted by Gasteiger charge is 2.29. The fourth-order valence-corrected chi connectivity index (χ4v) is 4.61. The summed E-state index contributed by atoms with van der Waals surface area (Å²) in [6.07, 6.45) is 0.488. The van der Waals surface area contributed by atoms with Crippen LogP contribution in [0.2, 0.25) is 0 Å². The first-order valence-corrected chi connectivity index (χ1v) is 10.6. The lowest BCUT2D eigenvalue weighted by atomic mass is 10.1. The van der Waals surface area contributed by atoms with Gasteiger partial charge in [0.05, 0.1) is 10.5 Å². The summed E-state index contributed by atoms with van der Waals surface area (Å²) in [5.74, 6) is -0.300. The average Bonchev–Trinajstić information content (AvgIpc) is 3.09. The number of sulfonamides is 1. The van der Waals surface area contributed by atoms with Gasteiger partial charge in [-0.15, -0.1) is 0 Å². The fourth-order valence-electron chi connectivity index (χ4n) is 3.11. The second-order valence-electron chi connectivity index (χ2n) is 6.41. The van der Waals surface area contributed by atoms with Crippen molar-refractivity contribution in [1.82, 2.24) is 4.98 Å². The highest BCUT2D eigenvalue weighted by Crippen LogP contribution is 2.31. The second-order valence-corrected chi connectivity index (χ2v) is 8.27. The Morgan fingerprint density at radius 1 is 1.14 bits per heavy atom. The van der Waals surface area contributed by atoms with Gasteiger partial charge in [0.1, 0.15) is 5.76 Å². The number of carboxylic acid groups (broad SMARTS) is 1. The van der Waals surface area contributed by atoms with Crippen LogP contribution >= 0.6 is 0 Å². The number of benzene rings is 2.